The lowest BCUT2D eigenvalue weighted by atomic mass is 9.86. The van der Waals surface area contributed by atoms with Gasteiger partial charge in [0, 0.05) is 0 Å². The molecule has 1 heteroatoms. The van der Waals surface area contributed by atoms with E-state index in [0.29, 0.717) is 0 Å². The summed E-state index contributed by atoms with van der Waals surface area (Å²) in [6.45, 7) is 6.14. The molecule has 0 radical (unpaired) electrons. The van der Waals surface area contributed by atoms with Gasteiger partial charge in [-0.25, -0.2) is 0 Å². The van der Waals surface area contributed by atoms with Crippen LogP contribution in [0.5, 0.6) is 0 Å². The Balaban J connectivity index is 0.000000191. The minimum atomic E-state index is 0.845. The average Bonchev–Trinajstić information content (AvgIpc) is 2.73. The largest absolute Gasteiger partial charge is 0.299 e. The zero-order valence-electron chi connectivity index (χ0n) is 18.0. The molecule has 0 atom stereocenters. The molecule has 0 unspecified atom stereocenters. The third-order valence-electron chi connectivity index (χ3n) is 5.70. The van der Waals surface area contributed by atoms with Crippen LogP contribution in [0.3, 0.4) is 0 Å². The van der Waals surface area contributed by atoms with Crippen LogP contribution in [0.25, 0.3) is 21.5 Å². The van der Waals surface area contributed by atoms with Crippen LogP contribution in [0.2, 0.25) is 0 Å². The Hall–Kier alpha value is -2.67. The molecule has 0 saturated carbocycles. The van der Waals surface area contributed by atoms with Crippen LogP contribution < -0.4 is 0 Å². The van der Waals surface area contributed by atoms with E-state index < -0.39 is 0 Å². The van der Waals surface area contributed by atoms with Crippen LogP contribution >= 0.6 is 0 Å². The summed E-state index contributed by atoms with van der Waals surface area (Å²) in [5.41, 5.74) is 5.66. The molecule has 0 amide bonds. The Morgan fingerprint density at radius 1 is 0.862 bits per heavy atom. The fourth-order valence-corrected chi connectivity index (χ4v) is 4.13. The first kappa shape index (κ1) is 21.0. The summed E-state index contributed by atoms with van der Waals surface area (Å²) >= 11 is 0. The van der Waals surface area contributed by atoms with E-state index in [2.05, 4.69) is 68.5 Å². The number of allylic oxidation sites excluding steroid dienone is 4. The van der Waals surface area contributed by atoms with Crippen LogP contribution in [0.15, 0.2) is 71.8 Å². The molecule has 4 rings (SSSR count). The quantitative estimate of drug-likeness (QED) is 0.194. The normalized spacial score (nSPS) is 13.4. The Morgan fingerprint density at radius 2 is 1.62 bits per heavy atom. The second kappa shape index (κ2) is 10.2. The predicted octanol–water partition coefficient (Wildman–Crippen LogP) is 7.75. The Bertz CT molecular complexity index is 1050. The van der Waals surface area contributed by atoms with Gasteiger partial charge >= 0.3 is 0 Å². The van der Waals surface area contributed by atoms with Gasteiger partial charge in [-0.15, -0.1) is 0 Å². The number of carbonyl (C=O) groups is 1. The van der Waals surface area contributed by atoms with E-state index in [4.69, 9.17) is 0 Å². The molecule has 0 N–H and O–H groups in total. The highest BCUT2D eigenvalue weighted by molar-refractivity contribution is 6.08. The van der Waals surface area contributed by atoms with E-state index in [9.17, 15) is 4.79 Å². The Labute approximate surface area is 175 Å². The van der Waals surface area contributed by atoms with Gasteiger partial charge in [0.25, 0.3) is 0 Å². The van der Waals surface area contributed by atoms with Gasteiger partial charge in [0.2, 0.25) is 0 Å². The van der Waals surface area contributed by atoms with Gasteiger partial charge in [-0.1, -0.05) is 65.8 Å². The number of rotatable bonds is 4. The maximum atomic E-state index is 10.0. The molecule has 0 fully saturated rings. The lowest BCUT2D eigenvalue weighted by molar-refractivity contribution is -0.104. The van der Waals surface area contributed by atoms with Crippen LogP contribution in [0, 0.1) is 0 Å². The van der Waals surface area contributed by atoms with Crippen molar-refractivity contribution in [1.29, 1.82) is 0 Å². The summed E-state index contributed by atoms with van der Waals surface area (Å²) < 4.78 is 0. The molecule has 3 aromatic carbocycles. The highest BCUT2D eigenvalue weighted by Crippen LogP contribution is 2.33. The van der Waals surface area contributed by atoms with Crippen LogP contribution in [0.4, 0.5) is 0 Å². The summed E-state index contributed by atoms with van der Waals surface area (Å²) in [7, 11) is 0. The minimum absolute atomic E-state index is 0.845. The lowest BCUT2D eigenvalue weighted by Crippen LogP contribution is -2.02. The number of benzene rings is 3. The number of aryl methyl sites for hydroxylation is 2. The third-order valence-corrected chi connectivity index (χ3v) is 5.70. The summed E-state index contributed by atoms with van der Waals surface area (Å²) in [5.74, 6) is 0. The van der Waals surface area contributed by atoms with Crippen molar-refractivity contribution in [2.75, 3.05) is 0 Å². The van der Waals surface area contributed by atoms with Crippen molar-refractivity contribution in [3.63, 3.8) is 0 Å². The second-order valence-corrected chi connectivity index (χ2v) is 8.26. The van der Waals surface area contributed by atoms with E-state index in [1.807, 2.05) is 6.92 Å². The maximum absolute atomic E-state index is 10.0. The van der Waals surface area contributed by atoms with Crippen molar-refractivity contribution < 1.29 is 4.79 Å². The van der Waals surface area contributed by atoms with Gasteiger partial charge in [0.05, 0.1) is 0 Å². The molecule has 29 heavy (non-hydrogen) atoms. The molecule has 0 aliphatic heterocycles. The highest BCUT2D eigenvalue weighted by atomic mass is 16.1. The highest BCUT2D eigenvalue weighted by Gasteiger charge is 2.13. The molecule has 0 spiro atoms. The zero-order valence-corrected chi connectivity index (χ0v) is 18.0. The van der Waals surface area contributed by atoms with E-state index in [1.165, 1.54) is 52.8 Å². The fraction of sp³-hybridized carbons (Fsp3) is 0.321. The topological polar surface area (TPSA) is 17.1 Å². The monoisotopic (exact) mass is 384 g/mol. The van der Waals surface area contributed by atoms with Gasteiger partial charge in [-0.2, -0.15) is 0 Å². The van der Waals surface area contributed by atoms with Gasteiger partial charge in [-0.05, 0) is 98.0 Å². The standard InChI is InChI=1S/C18H16.C10H16O/c1-3-7-15-13(5-1)9-11-18-16-8-4-2-6-14(16)10-12-17(15)18;1-9(2)5-4-6-10(3)7-8-11/h1,3,5,7,9-12H,2,4,6,8H2;5,7-8H,4,6H2,1-3H3/b;10-7+. The fourth-order valence-electron chi connectivity index (χ4n) is 4.13. The first-order valence-corrected chi connectivity index (χ1v) is 10.8. The van der Waals surface area contributed by atoms with Crippen LogP contribution in [-0.4, -0.2) is 6.29 Å². The molecular formula is C28H32O. The van der Waals surface area contributed by atoms with Crippen molar-refractivity contribution in [2.24, 2.45) is 0 Å². The number of hydrogen-bond acceptors (Lipinski definition) is 1. The number of aldehydes is 1. The van der Waals surface area contributed by atoms with Crippen molar-refractivity contribution in [3.8, 4) is 0 Å². The zero-order chi connectivity index (χ0) is 20.6. The predicted molar refractivity (Wildman–Crippen MR) is 127 cm³/mol. The van der Waals surface area contributed by atoms with Crippen molar-refractivity contribution in [3.05, 3.63) is 83.0 Å². The summed E-state index contributed by atoms with van der Waals surface area (Å²) in [5, 5.41) is 5.64. The van der Waals surface area contributed by atoms with Gasteiger partial charge in [-0.3, -0.25) is 4.79 Å². The third kappa shape index (κ3) is 5.44. The minimum Gasteiger partial charge on any atom is -0.299 e. The Kier molecular flexibility index (Phi) is 7.41. The van der Waals surface area contributed by atoms with E-state index in [-0.39, 0.29) is 0 Å². The first-order chi connectivity index (χ1) is 14.1. The molecule has 1 nitrogen and oxygen atoms in total. The van der Waals surface area contributed by atoms with E-state index in [0.717, 1.165) is 24.7 Å². The smallest absolute Gasteiger partial charge is 0.142 e. The first-order valence-electron chi connectivity index (χ1n) is 10.8. The van der Waals surface area contributed by atoms with Crippen molar-refractivity contribution >= 4 is 27.8 Å². The molecule has 0 saturated heterocycles. The molecule has 150 valence electrons. The molecule has 0 heterocycles. The summed E-state index contributed by atoms with van der Waals surface area (Å²) in [4.78, 5) is 10.0. The average molecular weight is 385 g/mol. The maximum Gasteiger partial charge on any atom is 0.142 e. The van der Waals surface area contributed by atoms with Gasteiger partial charge < -0.3 is 0 Å². The number of carbonyl (C=O) groups excluding carboxylic acids is 1. The van der Waals surface area contributed by atoms with Gasteiger partial charge in [0.1, 0.15) is 6.29 Å². The molecule has 0 bridgehead atoms. The molecule has 1 aliphatic carbocycles. The van der Waals surface area contributed by atoms with E-state index >= 15 is 0 Å². The molecule has 0 aromatic heterocycles. The van der Waals surface area contributed by atoms with Crippen LogP contribution in [0.1, 0.15) is 57.6 Å². The van der Waals surface area contributed by atoms with E-state index in [1.54, 1.807) is 17.2 Å². The van der Waals surface area contributed by atoms with Crippen LogP contribution in [-0.2, 0) is 17.6 Å². The summed E-state index contributed by atoms with van der Waals surface area (Å²) in [6.07, 6.45) is 11.9. The van der Waals surface area contributed by atoms with Gasteiger partial charge in [0.15, 0.2) is 0 Å². The SMILES string of the molecule is CC(C)=CCC/C(C)=C/C=O.c1ccc2c(c1)ccc1c3c(ccc12)CCCC3. The molecular weight excluding hydrogens is 352 g/mol. The molecule has 3 aromatic rings. The Morgan fingerprint density at radius 3 is 2.41 bits per heavy atom. The second-order valence-electron chi connectivity index (χ2n) is 8.26. The molecule has 1 aliphatic rings. The van der Waals surface area contributed by atoms with Crippen molar-refractivity contribution in [1.82, 2.24) is 0 Å². The number of hydrogen-bond donors (Lipinski definition) is 0. The lowest BCUT2D eigenvalue weighted by Gasteiger charge is -2.18. The number of fused-ring (bicyclic) bond motifs is 5. The summed E-state index contributed by atoms with van der Waals surface area (Å²) in [6, 6.07) is 18.0. The van der Waals surface area contributed by atoms with Crippen molar-refractivity contribution in [2.45, 2.75) is 59.3 Å².